The van der Waals surface area contributed by atoms with Crippen molar-refractivity contribution in [2.75, 3.05) is 6.61 Å². The van der Waals surface area contributed by atoms with E-state index in [9.17, 15) is 38.5 Å². The van der Waals surface area contributed by atoms with Gasteiger partial charge in [-0.05, 0) is 0 Å². The number of esters is 3. The van der Waals surface area contributed by atoms with Crippen molar-refractivity contribution < 1.29 is 57.4 Å². The number of ether oxygens (including phenoxy) is 4. The van der Waals surface area contributed by atoms with E-state index >= 15 is 0 Å². The number of rotatable bonds is 3. The first-order valence-corrected chi connectivity index (χ1v) is 5.98. The molecule has 1 saturated heterocycles. The van der Waals surface area contributed by atoms with Gasteiger partial charge < -0.3 is 34.3 Å². The van der Waals surface area contributed by atoms with Crippen LogP contribution in [0.15, 0.2) is 0 Å². The predicted octanol–water partition coefficient (Wildman–Crippen LogP) is -1.64. The van der Waals surface area contributed by atoms with Crippen molar-refractivity contribution in [2.24, 2.45) is 0 Å². The van der Waals surface area contributed by atoms with E-state index in [-0.39, 0.29) is 0 Å². The van der Waals surface area contributed by atoms with Crippen LogP contribution >= 0.6 is 0 Å². The van der Waals surface area contributed by atoms with Gasteiger partial charge >= 0.3 is 41.4 Å². The fraction of sp³-hybridized carbons (Fsp3) is 0.727. The molecule has 0 radical (unpaired) electrons. The van der Waals surface area contributed by atoms with E-state index < -0.39 is 48.0 Å². The lowest BCUT2D eigenvalue weighted by atomic mass is 9.93. The molecule has 0 aromatic carbocycles. The Bertz CT molecular complexity index is 537. The molecule has 12 heteroatoms. The highest BCUT2D eigenvalue weighted by Gasteiger charge is 2.84. The van der Waals surface area contributed by atoms with E-state index in [2.05, 4.69) is 18.9 Å². The summed E-state index contributed by atoms with van der Waals surface area (Å²) in [6.07, 6.45) is 0. The van der Waals surface area contributed by atoms with E-state index in [0.29, 0.717) is 20.8 Å². The lowest BCUT2D eigenvalue weighted by Gasteiger charge is -2.51. The highest BCUT2D eigenvalue weighted by atomic mass is 19.3. The monoisotopic (exact) mass is 344 g/mol. The Balaban J connectivity index is 3.47. The van der Waals surface area contributed by atoms with Crippen LogP contribution in [-0.4, -0.2) is 63.3 Å². The van der Waals surface area contributed by atoms with Crippen molar-refractivity contribution >= 4 is 17.9 Å². The Kier molecular flexibility index (Phi) is 4.69. The molecular formula is C11H14F2O10. The SMILES string of the molecule is CC(=O)OC1(O)OC[C@](O)(OC(C)=O)[C@](O)(OC(C)=O)C1(F)F. The van der Waals surface area contributed by atoms with Crippen molar-refractivity contribution in [2.45, 2.75) is 44.2 Å². The summed E-state index contributed by atoms with van der Waals surface area (Å²) in [6.45, 7) is 0.394. The molecule has 1 unspecified atom stereocenters. The van der Waals surface area contributed by atoms with Crippen molar-refractivity contribution in [3.8, 4) is 0 Å². The molecule has 1 rings (SSSR count). The molecule has 1 heterocycles. The number of hydrogen-bond acceptors (Lipinski definition) is 10. The summed E-state index contributed by atoms with van der Waals surface area (Å²) in [7, 11) is 0. The molecule has 3 atom stereocenters. The first-order chi connectivity index (χ1) is 10.2. The van der Waals surface area contributed by atoms with E-state index in [1.165, 1.54) is 0 Å². The maximum atomic E-state index is 14.4. The topological polar surface area (TPSA) is 149 Å². The van der Waals surface area contributed by atoms with Crippen molar-refractivity contribution in [3.05, 3.63) is 0 Å². The predicted molar refractivity (Wildman–Crippen MR) is 61.0 cm³/mol. The number of hydrogen-bond donors (Lipinski definition) is 3. The van der Waals surface area contributed by atoms with Crippen molar-refractivity contribution in [1.29, 1.82) is 0 Å². The Hall–Kier alpha value is -1.89. The largest absolute Gasteiger partial charge is 0.423 e. The molecule has 3 N–H and O–H groups in total. The van der Waals surface area contributed by atoms with Crippen LogP contribution in [0, 0.1) is 0 Å². The molecule has 0 saturated carbocycles. The summed E-state index contributed by atoms with van der Waals surface area (Å²) in [6, 6.07) is 0. The molecule has 23 heavy (non-hydrogen) atoms. The van der Waals surface area contributed by atoms with E-state index in [0.717, 1.165) is 0 Å². The van der Waals surface area contributed by atoms with E-state index in [1.54, 1.807) is 0 Å². The van der Waals surface area contributed by atoms with Crippen LogP contribution in [0.2, 0.25) is 0 Å². The van der Waals surface area contributed by atoms with Gasteiger partial charge in [0.1, 0.15) is 6.61 Å². The quantitative estimate of drug-likeness (QED) is 0.309. The molecule has 0 aromatic heterocycles. The minimum Gasteiger partial charge on any atom is -0.423 e. The molecule has 0 spiro atoms. The van der Waals surface area contributed by atoms with Crippen molar-refractivity contribution in [3.63, 3.8) is 0 Å². The fourth-order valence-electron chi connectivity index (χ4n) is 1.82. The van der Waals surface area contributed by atoms with Gasteiger partial charge in [-0.15, -0.1) is 0 Å². The third kappa shape index (κ3) is 2.97. The third-order valence-electron chi connectivity index (χ3n) is 2.70. The maximum Gasteiger partial charge on any atom is 0.409 e. The number of aliphatic hydroxyl groups is 3. The van der Waals surface area contributed by atoms with Gasteiger partial charge in [0.05, 0.1) is 0 Å². The lowest BCUT2D eigenvalue weighted by molar-refractivity contribution is -0.552. The molecule has 1 aliphatic rings. The van der Waals surface area contributed by atoms with Crippen molar-refractivity contribution in [1.82, 2.24) is 0 Å². The van der Waals surface area contributed by atoms with Gasteiger partial charge in [-0.25, -0.2) is 0 Å². The molecule has 0 aromatic rings. The second-order valence-electron chi connectivity index (χ2n) is 4.65. The van der Waals surface area contributed by atoms with Crippen LogP contribution in [0.1, 0.15) is 20.8 Å². The summed E-state index contributed by atoms with van der Waals surface area (Å²) >= 11 is 0. The summed E-state index contributed by atoms with van der Waals surface area (Å²) in [5.41, 5.74) is 0. The van der Waals surface area contributed by atoms with Crippen LogP contribution in [0.3, 0.4) is 0 Å². The van der Waals surface area contributed by atoms with Gasteiger partial charge in [0.2, 0.25) is 0 Å². The van der Waals surface area contributed by atoms with Gasteiger partial charge in [-0.1, -0.05) is 0 Å². The summed E-state index contributed by atoms with van der Waals surface area (Å²) in [4.78, 5) is 32.8. The van der Waals surface area contributed by atoms with E-state index in [1.807, 2.05) is 0 Å². The normalized spacial score (nSPS) is 36.0. The van der Waals surface area contributed by atoms with E-state index in [4.69, 9.17) is 0 Å². The molecule has 1 aliphatic heterocycles. The van der Waals surface area contributed by atoms with Gasteiger partial charge in [0, 0.05) is 20.8 Å². The molecule has 10 nitrogen and oxygen atoms in total. The summed E-state index contributed by atoms with van der Waals surface area (Å²) in [5.74, 6) is -21.5. The first-order valence-electron chi connectivity index (χ1n) is 5.98. The average Bonchev–Trinajstić information content (AvgIpc) is 2.32. The Labute approximate surface area is 127 Å². The zero-order valence-corrected chi connectivity index (χ0v) is 12.2. The summed E-state index contributed by atoms with van der Waals surface area (Å²) in [5, 5.41) is 29.7. The first kappa shape index (κ1) is 19.2. The standard InChI is InChI=1S/C11H14F2O10/c1-5(14)21-8(17)4-20-11(19,23-7(3)16)9(12,13)10(8,18)22-6(2)15/h17-19H,4H2,1-3H3/t8-,10-,11?/m0/s1. The van der Waals surface area contributed by atoms with Crippen LogP contribution in [0.4, 0.5) is 8.78 Å². The molecule has 132 valence electrons. The van der Waals surface area contributed by atoms with Gasteiger partial charge in [-0.3, -0.25) is 14.4 Å². The Morgan fingerprint density at radius 3 is 1.74 bits per heavy atom. The lowest BCUT2D eigenvalue weighted by Crippen LogP contribution is -2.80. The van der Waals surface area contributed by atoms with Gasteiger partial charge in [0.25, 0.3) is 0 Å². The molecule has 0 bridgehead atoms. The van der Waals surface area contributed by atoms with Crippen LogP contribution in [0.5, 0.6) is 0 Å². The van der Waals surface area contributed by atoms with Crippen LogP contribution in [0.25, 0.3) is 0 Å². The Morgan fingerprint density at radius 1 is 0.913 bits per heavy atom. The minimum atomic E-state index is -5.15. The molecular weight excluding hydrogens is 330 g/mol. The zero-order chi connectivity index (χ0) is 18.3. The highest BCUT2D eigenvalue weighted by Crippen LogP contribution is 2.51. The van der Waals surface area contributed by atoms with Crippen LogP contribution < -0.4 is 0 Å². The smallest absolute Gasteiger partial charge is 0.409 e. The fourth-order valence-corrected chi connectivity index (χ4v) is 1.82. The average molecular weight is 344 g/mol. The maximum absolute atomic E-state index is 14.4. The third-order valence-corrected chi connectivity index (χ3v) is 2.70. The minimum absolute atomic E-state index is 0.586. The summed E-state index contributed by atoms with van der Waals surface area (Å²) < 4.78 is 45.1. The molecule has 0 aliphatic carbocycles. The Morgan fingerprint density at radius 2 is 1.35 bits per heavy atom. The van der Waals surface area contributed by atoms with Gasteiger partial charge in [-0.2, -0.15) is 8.78 Å². The van der Waals surface area contributed by atoms with Gasteiger partial charge in [0.15, 0.2) is 0 Å². The number of halogens is 2. The molecule has 1 fully saturated rings. The number of carbonyl (C=O) groups excluding carboxylic acids is 3. The number of carbonyl (C=O) groups is 3. The second kappa shape index (κ2) is 5.63. The zero-order valence-electron chi connectivity index (χ0n) is 12.2. The van der Waals surface area contributed by atoms with Crippen LogP contribution in [-0.2, 0) is 33.3 Å². The second-order valence-corrected chi connectivity index (χ2v) is 4.65. The molecule has 0 amide bonds. The number of alkyl halides is 2. The highest BCUT2D eigenvalue weighted by molar-refractivity contribution is 5.68.